The Morgan fingerprint density at radius 1 is 0.846 bits per heavy atom. The number of benzene rings is 3. The van der Waals surface area contributed by atoms with E-state index in [1.54, 1.807) is 0 Å². The molecule has 0 fully saturated rings. The van der Waals surface area contributed by atoms with Gasteiger partial charge in [0.15, 0.2) is 0 Å². The lowest BCUT2D eigenvalue weighted by Gasteiger charge is -2.27. The van der Waals surface area contributed by atoms with Crippen molar-refractivity contribution in [3.05, 3.63) is 102 Å². The highest BCUT2D eigenvalue weighted by Crippen LogP contribution is 2.28. The van der Waals surface area contributed by atoms with Crippen molar-refractivity contribution in [2.75, 3.05) is 6.61 Å². The smallest absolute Gasteiger partial charge is 0.227 e. The summed E-state index contributed by atoms with van der Waals surface area (Å²) < 4.78 is 5.79. The van der Waals surface area contributed by atoms with Crippen molar-refractivity contribution in [1.29, 1.82) is 0 Å². The predicted molar refractivity (Wildman–Crippen MR) is 102 cm³/mol. The first-order chi connectivity index (χ1) is 12.8. The number of ether oxygens (including phenoxy) is 1. The van der Waals surface area contributed by atoms with Gasteiger partial charge in [-0.25, -0.2) is 0 Å². The predicted octanol–water partition coefficient (Wildman–Crippen LogP) is 4.14. The molecule has 0 aromatic heterocycles. The number of hydrogen-bond acceptors (Lipinski definition) is 2. The first-order valence-corrected chi connectivity index (χ1v) is 8.92. The van der Waals surface area contributed by atoms with Gasteiger partial charge in [0.25, 0.3) is 0 Å². The number of carbonyl (C=O) groups excluding carboxylic acids is 1. The Hall–Kier alpha value is -3.07. The van der Waals surface area contributed by atoms with Crippen molar-refractivity contribution >= 4 is 5.91 Å². The van der Waals surface area contributed by atoms with Gasteiger partial charge in [-0.05, 0) is 29.2 Å². The van der Waals surface area contributed by atoms with Gasteiger partial charge in [-0.1, -0.05) is 78.9 Å². The van der Waals surface area contributed by atoms with E-state index in [0.717, 1.165) is 22.4 Å². The van der Waals surface area contributed by atoms with E-state index in [0.29, 0.717) is 13.0 Å². The molecule has 1 amide bonds. The minimum Gasteiger partial charge on any atom is -0.492 e. The average Bonchev–Trinajstić information content (AvgIpc) is 2.72. The summed E-state index contributed by atoms with van der Waals surface area (Å²) in [5.74, 6) is 0.733. The molecule has 0 saturated heterocycles. The van der Waals surface area contributed by atoms with Crippen LogP contribution in [0.5, 0.6) is 5.75 Å². The SMILES string of the molecule is O=C(NC(c1ccccc1)c1ccccc1)[C@H]1COc2ccccc2C1. The van der Waals surface area contributed by atoms with Gasteiger partial charge >= 0.3 is 0 Å². The topological polar surface area (TPSA) is 38.3 Å². The fourth-order valence-corrected chi connectivity index (χ4v) is 3.41. The molecule has 0 spiro atoms. The number of carbonyl (C=O) groups is 1. The highest BCUT2D eigenvalue weighted by Gasteiger charge is 2.28. The number of rotatable bonds is 4. The largest absolute Gasteiger partial charge is 0.492 e. The van der Waals surface area contributed by atoms with E-state index in [1.807, 2.05) is 84.9 Å². The van der Waals surface area contributed by atoms with Gasteiger partial charge in [-0.2, -0.15) is 0 Å². The average molecular weight is 343 g/mol. The molecule has 0 unspecified atom stereocenters. The minimum atomic E-state index is -0.181. The molecule has 1 heterocycles. The number of hydrogen-bond donors (Lipinski definition) is 1. The number of nitrogens with one attached hydrogen (secondary N) is 1. The van der Waals surface area contributed by atoms with Crippen molar-refractivity contribution in [2.45, 2.75) is 12.5 Å². The Bertz CT molecular complexity index is 837. The third-order valence-electron chi connectivity index (χ3n) is 4.80. The molecule has 0 saturated carbocycles. The zero-order valence-corrected chi connectivity index (χ0v) is 14.5. The van der Waals surface area contributed by atoms with Crippen molar-refractivity contribution in [2.24, 2.45) is 5.92 Å². The molecule has 3 aromatic carbocycles. The van der Waals surface area contributed by atoms with Gasteiger partial charge in [0.2, 0.25) is 5.91 Å². The Kier molecular flexibility index (Phi) is 4.69. The number of para-hydroxylation sites is 1. The van der Waals surface area contributed by atoms with Crippen LogP contribution in [0.25, 0.3) is 0 Å². The van der Waals surface area contributed by atoms with Crippen molar-refractivity contribution in [3.63, 3.8) is 0 Å². The van der Waals surface area contributed by atoms with Crippen LogP contribution in [-0.4, -0.2) is 12.5 Å². The molecule has 130 valence electrons. The Balaban J connectivity index is 1.56. The molecule has 0 aliphatic carbocycles. The Morgan fingerprint density at radius 3 is 2.08 bits per heavy atom. The fourth-order valence-electron chi connectivity index (χ4n) is 3.41. The van der Waals surface area contributed by atoms with Gasteiger partial charge in [0, 0.05) is 0 Å². The standard InChI is InChI=1S/C23H21NO2/c25-23(20-15-19-13-7-8-14-21(19)26-16-20)24-22(17-9-3-1-4-10-17)18-11-5-2-6-12-18/h1-14,20,22H,15-16H2,(H,24,25)/t20-/m1/s1. The van der Waals surface area contributed by atoms with Crippen LogP contribution in [0.2, 0.25) is 0 Å². The molecule has 1 atom stereocenters. The van der Waals surface area contributed by atoms with Crippen molar-refractivity contribution in [3.8, 4) is 5.75 Å². The third kappa shape index (κ3) is 3.47. The van der Waals surface area contributed by atoms with Gasteiger partial charge in [0.05, 0.1) is 12.0 Å². The number of fused-ring (bicyclic) bond motifs is 1. The maximum absolute atomic E-state index is 13.0. The summed E-state index contributed by atoms with van der Waals surface area (Å²) in [4.78, 5) is 13.0. The summed E-state index contributed by atoms with van der Waals surface area (Å²) in [5, 5.41) is 3.23. The molecule has 0 radical (unpaired) electrons. The van der Waals surface area contributed by atoms with E-state index < -0.39 is 0 Å². The van der Waals surface area contributed by atoms with Crippen molar-refractivity contribution < 1.29 is 9.53 Å². The molecule has 3 aromatic rings. The normalized spacial score (nSPS) is 15.8. The summed E-state index contributed by atoms with van der Waals surface area (Å²) in [7, 11) is 0. The highest BCUT2D eigenvalue weighted by molar-refractivity contribution is 5.80. The van der Waals surface area contributed by atoms with Crippen LogP contribution in [0.1, 0.15) is 22.7 Å². The zero-order chi connectivity index (χ0) is 17.8. The van der Waals surface area contributed by atoms with E-state index in [4.69, 9.17) is 4.74 Å². The Morgan fingerprint density at radius 2 is 1.42 bits per heavy atom. The number of amides is 1. The van der Waals surface area contributed by atoms with Gasteiger partial charge in [-0.3, -0.25) is 4.79 Å². The molecule has 26 heavy (non-hydrogen) atoms. The van der Waals surface area contributed by atoms with Crippen LogP contribution in [0, 0.1) is 5.92 Å². The highest BCUT2D eigenvalue weighted by atomic mass is 16.5. The quantitative estimate of drug-likeness (QED) is 0.773. The van der Waals surface area contributed by atoms with Crippen LogP contribution < -0.4 is 10.1 Å². The molecule has 3 nitrogen and oxygen atoms in total. The molecular formula is C23H21NO2. The van der Waals surface area contributed by atoms with E-state index >= 15 is 0 Å². The maximum Gasteiger partial charge on any atom is 0.227 e. The molecule has 0 bridgehead atoms. The van der Waals surface area contributed by atoms with Gasteiger partial charge in [0.1, 0.15) is 12.4 Å². The third-order valence-corrected chi connectivity index (χ3v) is 4.80. The summed E-state index contributed by atoms with van der Waals surface area (Å²) in [6, 6.07) is 27.9. The van der Waals surface area contributed by atoms with Crippen LogP contribution >= 0.6 is 0 Å². The molecule has 1 N–H and O–H groups in total. The van der Waals surface area contributed by atoms with E-state index in [2.05, 4.69) is 5.32 Å². The first-order valence-electron chi connectivity index (χ1n) is 8.92. The summed E-state index contributed by atoms with van der Waals surface area (Å²) in [6.45, 7) is 0.416. The fraction of sp³-hybridized carbons (Fsp3) is 0.174. The van der Waals surface area contributed by atoms with E-state index in [1.165, 1.54) is 0 Å². The molecule has 4 rings (SSSR count). The van der Waals surface area contributed by atoms with Crippen molar-refractivity contribution in [1.82, 2.24) is 5.32 Å². The first kappa shape index (κ1) is 16.4. The second-order valence-electron chi connectivity index (χ2n) is 6.58. The molecule has 3 heteroatoms. The Labute approximate surface area is 153 Å². The maximum atomic E-state index is 13.0. The summed E-state index contributed by atoms with van der Waals surface area (Å²) in [6.07, 6.45) is 0.707. The van der Waals surface area contributed by atoms with Gasteiger partial charge in [-0.15, -0.1) is 0 Å². The monoisotopic (exact) mass is 343 g/mol. The second-order valence-corrected chi connectivity index (χ2v) is 6.58. The lowest BCUT2D eigenvalue weighted by atomic mass is 9.94. The van der Waals surface area contributed by atoms with E-state index in [-0.39, 0.29) is 17.9 Å². The molecule has 1 aliphatic heterocycles. The van der Waals surface area contributed by atoms with Gasteiger partial charge < -0.3 is 10.1 Å². The minimum absolute atomic E-state index is 0.0252. The van der Waals surface area contributed by atoms with Crippen LogP contribution in [0.4, 0.5) is 0 Å². The van der Waals surface area contributed by atoms with E-state index in [9.17, 15) is 4.79 Å². The molecule has 1 aliphatic rings. The summed E-state index contributed by atoms with van der Waals surface area (Å²) >= 11 is 0. The zero-order valence-electron chi connectivity index (χ0n) is 14.5. The molecular weight excluding hydrogens is 322 g/mol. The van der Waals surface area contributed by atoms with Crippen LogP contribution in [0.15, 0.2) is 84.9 Å². The van der Waals surface area contributed by atoms with Crippen LogP contribution in [-0.2, 0) is 11.2 Å². The lowest BCUT2D eigenvalue weighted by Crippen LogP contribution is -2.39. The summed E-state index contributed by atoms with van der Waals surface area (Å²) in [5.41, 5.74) is 3.24. The lowest BCUT2D eigenvalue weighted by molar-refractivity contribution is -0.126. The van der Waals surface area contributed by atoms with Crippen LogP contribution in [0.3, 0.4) is 0 Å². The second kappa shape index (κ2) is 7.44.